The lowest BCUT2D eigenvalue weighted by Gasteiger charge is -2.10. The number of benzene rings is 1. The average Bonchev–Trinajstić information content (AvgIpc) is 2.85. The van der Waals surface area contributed by atoms with Gasteiger partial charge in [0.1, 0.15) is 6.54 Å². The quantitative estimate of drug-likeness (QED) is 0.338. The van der Waals surface area contributed by atoms with Gasteiger partial charge in [-0.25, -0.2) is 0 Å². The summed E-state index contributed by atoms with van der Waals surface area (Å²) in [6, 6.07) is 2.10. The molecule has 0 radical (unpaired) electrons. The molecule has 0 atom stereocenters. The van der Waals surface area contributed by atoms with Crippen LogP contribution in [0.4, 0.5) is 10.5 Å². The Bertz CT molecular complexity index is 820. The van der Waals surface area contributed by atoms with E-state index < -0.39 is 34.3 Å². The fraction of sp³-hybridized carbons (Fsp3) is 0.267. The molecule has 138 valence electrons. The van der Waals surface area contributed by atoms with Gasteiger partial charge in [0.25, 0.3) is 16.8 Å². The summed E-state index contributed by atoms with van der Waals surface area (Å²) in [6.07, 6.45) is 1.13. The number of imide groups is 1. The molecule has 0 aliphatic carbocycles. The molecular formula is C15H14N2O8S. The normalized spacial score (nSPS) is 15.5. The van der Waals surface area contributed by atoms with Crippen LogP contribution in [-0.4, -0.2) is 52.3 Å². The number of thioether (sulfide) groups is 1. The Kier molecular flexibility index (Phi) is 5.82. The first-order chi connectivity index (χ1) is 12.3. The smallest absolute Gasteiger partial charge is 0.325 e. The van der Waals surface area contributed by atoms with E-state index in [1.807, 2.05) is 0 Å². The van der Waals surface area contributed by atoms with E-state index in [1.165, 1.54) is 0 Å². The molecule has 10 nitrogen and oxygen atoms in total. The number of nitrogens with zero attached hydrogens (tertiary/aromatic N) is 2. The van der Waals surface area contributed by atoms with E-state index in [0.717, 1.165) is 25.3 Å². The lowest BCUT2D eigenvalue weighted by Crippen LogP contribution is -2.34. The zero-order chi connectivity index (χ0) is 19.4. The van der Waals surface area contributed by atoms with Crippen molar-refractivity contribution in [2.75, 3.05) is 20.3 Å². The number of hydrogen-bond donors (Lipinski definition) is 1. The summed E-state index contributed by atoms with van der Waals surface area (Å²) in [5.74, 6) is -2.07. The van der Waals surface area contributed by atoms with Gasteiger partial charge < -0.3 is 14.6 Å². The highest BCUT2D eigenvalue weighted by Gasteiger charge is 2.37. The van der Waals surface area contributed by atoms with E-state index in [9.17, 15) is 29.6 Å². The van der Waals surface area contributed by atoms with Crippen LogP contribution in [0.15, 0.2) is 17.0 Å². The molecule has 2 rings (SSSR count). The predicted molar refractivity (Wildman–Crippen MR) is 90.6 cm³/mol. The molecule has 1 aromatic carbocycles. The van der Waals surface area contributed by atoms with Gasteiger partial charge in [-0.15, -0.1) is 0 Å². The number of carbonyl (C=O) groups excluding carboxylic acids is 3. The van der Waals surface area contributed by atoms with Crippen LogP contribution in [-0.2, 0) is 14.3 Å². The number of hydrogen-bond acceptors (Lipinski definition) is 9. The summed E-state index contributed by atoms with van der Waals surface area (Å²) >= 11 is 0.540. The maximum Gasteiger partial charge on any atom is 0.325 e. The fourth-order valence-electron chi connectivity index (χ4n) is 2.07. The maximum absolute atomic E-state index is 12.3. The molecule has 0 saturated carbocycles. The van der Waals surface area contributed by atoms with Crippen LogP contribution in [0.5, 0.6) is 11.5 Å². The van der Waals surface area contributed by atoms with E-state index in [0.29, 0.717) is 16.7 Å². The van der Waals surface area contributed by atoms with Gasteiger partial charge >= 0.3 is 5.97 Å². The standard InChI is InChI=1S/C15H14N2O8S/c1-3-25-10-6-9(17(22)23)4-8(13(10)19)5-11-14(20)16(15(21)26-11)7-12(18)24-2/h4-6,19H,3,7H2,1-2H3/b11-5+. The Morgan fingerprint density at radius 1 is 1.42 bits per heavy atom. The summed E-state index contributed by atoms with van der Waals surface area (Å²) in [7, 11) is 1.12. The zero-order valence-electron chi connectivity index (χ0n) is 13.8. The molecule has 1 saturated heterocycles. The molecule has 1 aromatic rings. The van der Waals surface area contributed by atoms with Gasteiger partial charge in [-0.05, 0) is 24.8 Å². The third kappa shape index (κ3) is 3.94. The minimum absolute atomic E-state index is 0.0637. The second kappa shape index (κ2) is 7.87. The number of aromatic hydroxyl groups is 1. The van der Waals surface area contributed by atoms with Crippen molar-refractivity contribution in [3.8, 4) is 11.5 Å². The highest BCUT2D eigenvalue weighted by Crippen LogP contribution is 2.39. The number of phenolic OH excluding ortho intramolecular Hbond substituents is 1. The first-order valence-corrected chi connectivity index (χ1v) is 8.06. The lowest BCUT2D eigenvalue weighted by atomic mass is 10.1. The van der Waals surface area contributed by atoms with Crippen LogP contribution in [0.1, 0.15) is 12.5 Å². The molecule has 1 aliphatic rings. The molecular weight excluding hydrogens is 368 g/mol. The van der Waals surface area contributed by atoms with Crippen LogP contribution in [0.25, 0.3) is 6.08 Å². The molecule has 26 heavy (non-hydrogen) atoms. The molecule has 0 unspecified atom stereocenters. The largest absolute Gasteiger partial charge is 0.504 e. The van der Waals surface area contributed by atoms with E-state index in [4.69, 9.17) is 4.74 Å². The summed E-state index contributed by atoms with van der Waals surface area (Å²) in [5, 5.41) is 20.6. The number of ether oxygens (including phenoxy) is 2. The maximum atomic E-state index is 12.3. The monoisotopic (exact) mass is 382 g/mol. The van der Waals surface area contributed by atoms with Crippen LogP contribution in [0, 0.1) is 10.1 Å². The molecule has 0 aromatic heterocycles. The van der Waals surface area contributed by atoms with Crippen molar-refractivity contribution in [3.63, 3.8) is 0 Å². The van der Waals surface area contributed by atoms with Crippen molar-refractivity contribution in [3.05, 3.63) is 32.7 Å². The molecule has 1 aliphatic heterocycles. The van der Waals surface area contributed by atoms with Gasteiger partial charge in [0.2, 0.25) is 0 Å². The number of nitro benzene ring substituents is 1. The molecule has 2 amide bonds. The number of rotatable bonds is 6. The van der Waals surface area contributed by atoms with Crippen molar-refractivity contribution in [2.24, 2.45) is 0 Å². The second-order valence-corrected chi connectivity index (χ2v) is 5.91. The minimum atomic E-state index is -0.773. The van der Waals surface area contributed by atoms with E-state index in [1.54, 1.807) is 6.92 Å². The Labute approximate surface area is 151 Å². The minimum Gasteiger partial charge on any atom is -0.504 e. The van der Waals surface area contributed by atoms with Crippen LogP contribution in [0.3, 0.4) is 0 Å². The van der Waals surface area contributed by atoms with Crippen molar-refractivity contribution >= 4 is 40.6 Å². The Morgan fingerprint density at radius 3 is 2.69 bits per heavy atom. The van der Waals surface area contributed by atoms with E-state index in [2.05, 4.69) is 4.74 Å². The molecule has 11 heteroatoms. The second-order valence-electron chi connectivity index (χ2n) is 4.92. The van der Waals surface area contributed by atoms with E-state index >= 15 is 0 Å². The number of amides is 2. The Balaban J connectivity index is 2.42. The van der Waals surface area contributed by atoms with Gasteiger partial charge in [0, 0.05) is 11.6 Å². The molecule has 1 heterocycles. The molecule has 0 bridgehead atoms. The number of esters is 1. The number of non-ortho nitro benzene ring substituents is 1. The van der Waals surface area contributed by atoms with Crippen LogP contribution < -0.4 is 4.74 Å². The highest BCUT2D eigenvalue weighted by molar-refractivity contribution is 8.18. The number of carbonyl (C=O) groups is 3. The Morgan fingerprint density at radius 2 is 2.12 bits per heavy atom. The predicted octanol–water partition coefficient (Wildman–Crippen LogP) is 1.91. The summed E-state index contributed by atoms with van der Waals surface area (Å²) < 4.78 is 9.58. The van der Waals surface area contributed by atoms with Gasteiger partial charge in [-0.3, -0.25) is 29.4 Å². The number of methoxy groups -OCH3 is 1. The fourth-order valence-corrected chi connectivity index (χ4v) is 2.90. The van der Waals surface area contributed by atoms with Crippen molar-refractivity contribution < 1.29 is 33.9 Å². The van der Waals surface area contributed by atoms with E-state index in [-0.39, 0.29) is 28.5 Å². The Hall–Kier alpha value is -3.08. The SMILES string of the molecule is CCOc1cc([N+](=O)[O-])cc(/C=C2/SC(=O)N(CC(=O)OC)C2=O)c1O. The van der Waals surface area contributed by atoms with Gasteiger partial charge in [0.15, 0.2) is 11.5 Å². The summed E-state index contributed by atoms with van der Waals surface area (Å²) in [4.78, 5) is 46.4. The van der Waals surface area contributed by atoms with Crippen LogP contribution >= 0.6 is 11.8 Å². The number of phenols is 1. The first-order valence-electron chi connectivity index (χ1n) is 7.24. The molecule has 0 spiro atoms. The van der Waals surface area contributed by atoms with Crippen molar-refractivity contribution in [2.45, 2.75) is 6.92 Å². The van der Waals surface area contributed by atoms with Crippen molar-refractivity contribution in [1.29, 1.82) is 0 Å². The number of nitro groups is 1. The molecule has 1 fully saturated rings. The zero-order valence-corrected chi connectivity index (χ0v) is 14.6. The summed E-state index contributed by atoms with van der Waals surface area (Å²) in [5.41, 5.74) is -0.419. The molecule has 1 N–H and O–H groups in total. The third-order valence-corrected chi connectivity index (χ3v) is 4.18. The lowest BCUT2D eigenvalue weighted by molar-refractivity contribution is -0.385. The third-order valence-electron chi connectivity index (χ3n) is 3.27. The average molecular weight is 382 g/mol. The van der Waals surface area contributed by atoms with Gasteiger partial charge in [-0.2, -0.15) is 0 Å². The van der Waals surface area contributed by atoms with Crippen molar-refractivity contribution in [1.82, 2.24) is 4.90 Å². The van der Waals surface area contributed by atoms with Crippen LogP contribution in [0.2, 0.25) is 0 Å². The van der Waals surface area contributed by atoms with Gasteiger partial charge in [0.05, 0.1) is 29.6 Å². The summed E-state index contributed by atoms with van der Waals surface area (Å²) in [6.45, 7) is 1.24. The highest BCUT2D eigenvalue weighted by atomic mass is 32.2. The van der Waals surface area contributed by atoms with Gasteiger partial charge in [-0.1, -0.05) is 0 Å². The first kappa shape index (κ1) is 19.2. The topological polar surface area (TPSA) is 136 Å².